The van der Waals surface area contributed by atoms with E-state index >= 15 is 0 Å². The van der Waals surface area contributed by atoms with Crippen molar-refractivity contribution in [3.63, 3.8) is 0 Å². The van der Waals surface area contributed by atoms with Crippen LogP contribution in [0.3, 0.4) is 0 Å². The molecule has 0 rings (SSSR count). The molecule has 0 aliphatic carbocycles. The Morgan fingerprint density at radius 1 is 1.28 bits per heavy atom. The molecule has 104 valence electrons. The summed E-state index contributed by atoms with van der Waals surface area (Å²) in [6.07, 6.45) is -1.01. The van der Waals surface area contributed by atoms with Gasteiger partial charge < -0.3 is 14.6 Å². The largest absolute Gasteiger partial charge is 0.505 e. The first-order chi connectivity index (χ1) is 8.86. The molecule has 0 aromatic rings. The average molecular weight is 295 g/mol. The third kappa shape index (κ3) is 9.23. The van der Waals surface area contributed by atoms with Gasteiger partial charge in [-0.2, -0.15) is 0 Å². The Bertz CT molecular complexity index is 324. The minimum absolute atomic E-state index is 0.0448. The van der Waals surface area contributed by atoms with E-state index in [1.807, 2.05) is 13.8 Å². The highest BCUT2D eigenvalue weighted by Crippen LogP contribution is 2.31. The lowest BCUT2D eigenvalue weighted by atomic mass is 10.4. The Balaban J connectivity index is 3.71. The van der Waals surface area contributed by atoms with Crippen LogP contribution in [0.25, 0.3) is 1.43 Å². The SMILES string of the molecule is [2H]OC(=O)OCC(C)SSC(C)COC(=O)C(=C)C. The van der Waals surface area contributed by atoms with Crippen LogP contribution >= 0.6 is 21.6 Å². The van der Waals surface area contributed by atoms with Gasteiger partial charge >= 0.3 is 13.6 Å². The molecule has 2 atom stereocenters. The van der Waals surface area contributed by atoms with Crippen LogP contribution in [0, 0.1) is 0 Å². The summed E-state index contributed by atoms with van der Waals surface area (Å²) in [7, 11) is 3.03. The molecule has 5 nitrogen and oxygen atoms in total. The summed E-state index contributed by atoms with van der Waals surface area (Å²) in [5, 5.41) is 3.78. The van der Waals surface area contributed by atoms with E-state index < -0.39 is 12.1 Å². The van der Waals surface area contributed by atoms with Gasteiger partial charge in [-0.3, -0.25) is 0 Å². The molecule has 0 saturated heterocycles. The average Bonchev–Trinajstić information content (AvgIpc) is 2.39. The van der Waals surface area contributed by atoms with E-state index in [9.17, 15) is 9.59 Å². The molecule has 0 radical (unpaired) electrons. The van der Waals surface area contributed by atoms with Crippen molar-refractivity contribution in [1.29, 1.82) is 1.43 Å². The van der Waals surface area contributed by atoms with Crippen molar-refractivity contribution in [1.82, 2.24) is 0 Å². The smallest absolute Gasteiger partial charge is 0.461 e. The predicted octanol–water partition coefficient (Wildman–Crippen LogP) is 2.96. The zero-order valence-electron chi connectivity index (χ0n) is 11.6. The van der Waals surface area contributed by atoms with Gasteiger partial charge in [0.1, 0.15) is 13.2 Å². The fourth-order valence-electron chi connectivity index (χ4n) is 0.747. The summed E-state index contributed by atoms with van der Waals surface area (Å²) < 4.78 is 16.0. The van der Waals surface area contributed by atoms with Crippen LogP contribution in [0.1, 0.15) is 20.8 Å². The number of hydrogen-bond acceptors (Lipinski definition) is 7. The Morgan fingerprint density at radius 2 is 1.78 bits per heavy atom. The van der Waals surface area contributed by atoms with Crippen LogP contribution in [-0.4, -0.2) is 40.9 Å². The first-order valence-electron chi connectivity index (χ1n) is 5.72. The minimum atomic E-state index is -1.01. The van der Waals surface area contributed by atoms with E-state index in [1.165, 1.54) is 21.6 Å². The Labute approximate surface area is 116 Å². The number of ether oxygens (including phenoxy) is 2. The van der Waals surface area contributed by atoms with Crippen molar-refractivity contribution in [2.24, 2.45) is 0 Å². The molecule has 0 saturated carbocycles. The van der Waals surface area contributed by atoms with Gasteiger partial charge in [0.15, 0.2) is 0 Å². The molecule has 0 heterocycles. The fraction of sp³-hybridized carbons (Fsp3) is 0.636. The van der Waals surface area contributed by atoms with Crippen molar-refractivity contribution in [3.05, 3.63) is 12.2 Å². The predicted molar refractivity (Wildman–Crippen MR) is 73.9 cm³/mol. The van der Waals surface area contributed by atoms with Gasteiger partial charge in [-0.05, 0) is 20.8 Å². The third-order valence-corrected chi connectivity index (χ3v) is 4.96. The highest BCUT2D eigenvalue weighted by atomic mass is 33.1. The first kappa shape index (κ1) is 15.2. The number of esters is 1. The summed E-state index contributed by atoms with van der Waals surface area (Å²) in [6, 6.07) is 0. The lowest BCUT2D eigenvalue weighted by Crippen LogP contribution is -2.14. The molecular formula is C11H18O5S2. The van der Waals surface area contributed by atoms with Crippen LogP contribution < -0.4 is 0 Å². The zero-order chi connectivity index (χ0) is 14.8. The fourth-order valence-corrected chi connectivity index (χ4v) is 2.84. The van der Waals surface area contributed by atoms with E-state index in [4.69, 9.17) is 6.17 Å². The van der Waals surface area contributed by atoms with Crippen molar-refractivity contribution in [3.8, 4) is 0 Å². The standard InChI is InChI=1S/C11H18O5S2/c1-7(2)10(12)15-5-8(3)17-18-9(4)6-16-11(13)14/h8-9H,1,5-6H2,2-4H3,(H,13,14)/i/hD. The molecule has 2 unspecified atom stereocenters. The molecule has 0 spiro atoms. The second kappa shape index (κ2) is 9.16. The zero-order valence-corrected chi connectivity index (χ0v) is 12.3. The van der Waals surface area contributed by atoms with Crippen molar-refractivity contribution >= 4 is 33.7 Å². The number of hydrogen-bond donors (Lipinski definition) is 1. The summed E-state index contributed by atoms with van der Waals surface area (Å²) in [6.45, 7) is 9.35. The van der Waals surface area contributed by atoms with Crippen LogP contribution in [0.15, 0.2) is 12.2 Å². The molecule has 0 aliphatic rings. The maximum atomic E-state index is 11.2. The topological polar surface area (TPSA) is 72.8 Å². The van der Waals surface area contributed by atoms with Gasteiger partial charge in [0.25, 0.3) is 0 Å². The van der Waals surface area contributed by atoms with Crippen molar-refractivity contribution < 1.29 is 24.2 Å². The maximum absolute atomic E-state index is 11.2. The van der Waals surface area contributed by atoms with E-state index in [0.29, 0.717) is 12.2 Å². The Hall–Kier alpha value is -0.820. The van der Waals surface area contributed by atoms with Gasteiger partial charge in [-0.1, -0.05) is 28.2 Å². The summed E-state index contributed by atoms with van der Waals surface area (Å²) in [5.74, 6) is -0.396. The van der Waals surface area contributed by atoms with Gasteiger partial charge in [0.2, 0.25) is 0 Å². The van der Waals surface area contributed by atoms with Crippen molar-refractivity contribution in [2.75, 3.05) is 13.2 Å². The Morgan fingerprint density at radius 3 is 2.22 bits per heavy atom. The van der Waals surface area contributed by atoms with E-state index in [0.717, 1.165) is 0 Å². The normalized spacial score (nSPS) is 14.1. The van der Waals surface area contributed by atoms with Gasteiger partial charge in [0, 0.05) is 16.1 Å². The molecule has 7 heteroatoms. The number of carboxylic acid groups (broad SMARTS) is 1. The molecule has 0 aliphatic heterocycles. The molecule has 0 amide bonds. The lowest BCUT2D eigenvalue weighted by molar-refractivity contribution is -0.138. The Kier molecular flexibility index (Phi) is 7.75. The third-order valence-electron chi connectivity index (χ3n) is 1.62. The number of carbonyl (C=O) groups excluding carboxylic acids is 1. The van der Waals surface area contributed by atoms with Gasteiger partial charge in [-0.15, -0.1) is 0 Å². The van der Waals surface area contributed by atoms with Gasteiger partial charge in [-0.25, -0.2) is 9.59 Å². The molecule has 0 fully saturated rings. The van der Waals surface area contributed by atoms with Crippen molar-refractivity contribution in [2.45, 2.75) is 31.3 Å². The first-order valence-corrected chi connectivity index (χ1v) is 7.59. The van der Waals surface area contributed by atoms with E-state index in [1.54, 1.807) is 6.92 Å². The quantitative estimate of drug-likeness (QED) is 0.419. The second-order valence-electron chi connectivity index (χ2n) is 3.75. The van der Waals surface area contributed by atoms with Crippen LogP contribution in [0.2, 0.25) is 0 Å². The minimum Gasteiger partial charge on any atom is -0.461 e. The maximum Gasteiger partial charge on any atom is 0.505 e. The summed E-state index contributed by atoms with van der Waals surface area (Å²) in [4.78, 5) is 21.8. The molecule has 0 aromatic carbocycles. The summed E-state index contributed by atoms with van der Waals surface area (Å²) in [5.41, 5.74) is 0.375. The molecular weight excluding hydrogens is 276 g/mol. The van der Waals surface area contributed by atoms with Gasteiger partial charge in [0.05, 0.1) is 0 Å². The summed E-state index contributed by atoms with van der Waals surface area (Å²) >= 11 is 0. The lowest BCUT2D eigenvalue weighted by Gasteiger charge is -2.14. The van der Waals surface area contributed by atoms with E-state index in [2.05, 4.69) is 16.4 Å². The van der Waals surface area contributed by atoms with Crippen LogP contribution in [0.4, 0.5) is 4.79 Å². The number of carbonyl (C=O) groups is 2. The highest BCUT2D eigenvalue weighted by molar-refractivity contribution is 8.77. The monoisotopic (exact) mass is 295 g/mol. The highest BCUT2D eigenvalue weighted by Gasteiger charge is 2.12. The van der Waals surface area contributed by atoms with Crippen LogP contribution in [-0.2, 0) is 14.3 Å². The molecule has 1 N–H and O–H groups in total. The van der Waals surface area contributed by atoms with E-state index in [-0.39, 0.29) is 17.1 Å². The number of rotatable bonds is 8. The molecule has 0 bridgehead atoms. The molecule has 18 heavy (non-hydrogen) atoms. The second-order valence-corrected chi connectivity index (χ2v) is 6.90. The van der Waals surface area contributed by atoms with Crippen LogP contribution in [0.5, 0.6) is 0 Å². The molecule has 0 aromatic heterocycles.